The van der Waals surface area contributed by atoms with Crippen LogP contribution in [-0.2, 0) is 21.4 Å². The maximum Gasteiger partial charge on any atom is 0.243 e. The van der Waals surface area contributed by atoms with E-state index in [2.05, 4.69) is 20.9 Å². The van der Waals surface area contributed by atoms with Crippen LogP contribution in [0.1, 0.15) is 45.6 Å². The molecule has 1 aliphatic heterocycles. The Hall–Kier alpha value is -2.13. The van der Waals surface area contributed by atoms with Gasteiger partial charge in [0.2, 0.25) is 15.9 Å². The number of hydrogen-bond acceptors (Lipinski definition) is 4. The van der Waals surface area contributed by atoms with Gasteiger partial charge in [0, 0.05) is 32.2 Å². The highest BCUT2D eigenvalue weighted by Gasteiger charge is 2.25. The van der Waals surface area contributed by atoms with Gasteiger partial charge in [0.25, 0.3) is 0 Å². The molecule has 8 nitrogen and oxygen atoms in total. The quantitative estimate of drug-likeness (QED) is 0.475. The van der Waals surface area contributed by atoms with Crippen molar-refractivity contribution in [3.05, 3.63) is 29.8 Å². The zero-order chi connectivity index (χ0) is 21.5. The lowest BCUT2D eigenvalue weighted by Gasteiger charge is -2.25. The molecule has 0 bridgehead atoms. The van der Waals surface area contributed by atoms with Crippen LogP contribution in [-0.4, -0.2) is 56.8 Å². The van der Waals surface area contributed by atoms with Crippen LogP contribution in [0.4, 0.5) is 0 Å². The highest BCUT2D eigenvalue weighted by Crippen LogP contribution is 2.20. The number of carbonyl (C=O) groups excluding carboxylic acids is 1. The summed E-state index contributed by atoms with van der Waals surface area (Å²) in [5, 5.41) is 8.96. The third-order valence-corrected chi connectivity index (χ3v) is 6.40. The van der Waals surface area contributed by atoms with E-state index in [4.69, 9.17) is 0 Å². The lowest BCUT2D eigenvalue weighted by molar-refractivity contribution is -0.121. The maximum absolute atomic E-state index is 12.7. The predicted octanol–water partition coefficient (Wildman–Crippen LogP) is 1.44. The first kappa shape index (κ1) is 23.2. The topological polar surface area (TPSA) is 103 Å². The lowest BCUT2D eigenvalue weighted by Crippen LogP contribution is -2.48. The van der Waals surface area contributed by atoms with E-state index in [1.807, 2.05) is 20.8 Å². The molecule has 0 unspecified atom stereocenters. The number of amides is 1. The highest BCUT2D eigenvalue weighted by atomic mass is 32.2. The van der Waals surface area contributed by atoms with Gasteiger partial charge in [-0.3, -0.25) is 9.79 Å². The van der Waals surface area contributed by atoms with Gasteiger partial charge in [-0.15, -0.1) is 0 Å². The van der Waals surface area contributed by atoms with E-state index in [9.17, 15) is 13.2 Å². The molecule has 1 amide bonds. The van der Waals surface area contributed by atoms with Gasteiger partial charge in [-0.1, -0.05) is 18.6 Å². The summed E-state index contributed by atoms with van der Waals surface area (Å²) in [6, 6.07) is 6.88. The Kier molecular flexibility index (Phi) is 8.04. The second-order valence-electron chi connectivity index (χ2n) is 8.19. The van der Waals surface area contributed by atoms with E-state index in [0.717, 1.165) is 24.8 Å². The standard InChI is InChI=1S/C20H33N5O3S/c1-20(2,3)24-18(26)15-23-19(21-4)22-14-16-8-10-17(11-9-16)29(27,28)25-12-6-5-7-13-25/h8-11H,5-7,12-15H2,1-4H3,(H,24,26)(H2,21,22,23). The average molecular weight is 424 g/mol. The second kappa shape index (κ2) is 10.1. The van der Waals surface area contributed by atoms with E-state index >= 15 is 0 Å². The molecule has 3 N–H and O–H groups in total. The minimum absolute atomic E-state index is 0.115. The Labute approximate surface area is 174 Å². The molecule has 0 atom stereocenters. The van der Waals surface area contributed by atoms with Crippen LogP contribution in [0.25, 0.3) is 0 Å². The molecule has 1 aliphatic rings. The van der Waals surface area contributed by atoms with Gasteiger partial charge in [-0.05, 0) is 51.3 Å². The maximum atomic E-state index is 12.7. The number of piperidine rings is 1. The molecule has 1 saturated heterocycles. The molecule has 0 aliphatic carbocycles. The molecule has 0 saturated carbocycles. The molecule has 0 spiro atoms. The minimum atomic E-state index is -3.42. The number of sulfonamides is 1. The number of guanidine groups is 1. The SMILES string of the molecule is CN=C(NCC(=O)NC(C)(C)C)NCc1ccc(S(=O)(=O)N2CCCCC2)cc1. The predicted molar refractivity (Wildman–Crippen MR) is 115 cm³/mol. The number of nitrogens with one attached hydrogen (secondary N) is 3. The number of rotatable bonds is 6. The first-order chi connectivity index (χ1) is 13.6. The minimum Gasteiger partial charge on any atom is -0.352 e. The van der Waals surface area contributed by atoms with Crippen LogP contribution in [0.15, 0.2) is 34.2 Å². The first-order valence-electron chi connectivity index (χ1n) is 9.96. The average Bonchev–Trinajstić information content (AvgIpc) is 2.68. The zero-order valence-corrected chi connectivity index (χ0v) is 18.6. The summed E-state index contributed by atoms with van der Waals surface area (Å²) in [6.07, 6.45) is 2.92. The summed E-state index contributed by atoms with van der Waals surface area (Å²) in [4.78, 5) is 16.3. The molecule has 1 aromatic carbocycles. The molecule has 0 aromatic heterocycles. The normalized spacial score (nSPS) is 16.3. The van der Waals surface area contributed by atoms with Crippen LogP contribution >= 0.6 is 0 Å². The van der Waals surface area contributed by atoms with Crippen molar-refractivity contribution in [2.75, 3.05) is 26.7 Å². The Bertz CT molecular complexity index is 808. The summed E-state index contributed by atoms with van der Waals surface area (Å²) in [5.41, 5.74) is 0.635. The molecule has 0 radical (unpaired) electrons. The molecule has 2 rings (SSSR count). The van der Waals surface area contributed by atoms with Crippen molar-refractivity contribution in [1.29, 1.82) is 0 Å². The number of carbonyl (C=O) groups is 1. The molecule has 162 valence electrons. The number of hydrogen-bond donors (Lipinski definition) is 3. The Morgan fingerprint density at radius 1 is 1.07 bits per heavy atom. The molecular weight excluding hydrogens is 390 g/mol. The van der Waals surface area contributed by atoms with Gasteiger partial charge >= 0.3 is 0 Å². The second-order valence-corrected chi connectivity index (χ2v) is 10.1. The van der Waals surface area contributed by atoms with Crippen molar-refractivity contribution < 1.29 is 13.2 Å². The smallest absolute Gasteiger partial charge is 0.243 e. The Morgan fingerprint density at radius 3 is 2.24 bits per heavy atom. The molecule has 1 heterocycles. The summed E-state index contributed by atoms with van der Waals surface area (Å²) in [7, 11) is -1.79. The van der Waals surface area contributed by atoms with Crippen LogP contribution in [0.2, 0.25) is 0 Å². The van der Waals surface area contributed by atoms with Gasteiger partial charge in [-0.2, -0.15) is 4.31 Å². The molecule has 1 aromatic rings. The van der Waals surface area contributed by atoms with Gasteiger partial charge in [0.05, 0.1) is 11.4 Å². The van der Waals surface area contributed by atoms with E-state index in [0.29, 0.717) is 30.5 Å². The van der Waals surface area contributed by atoms with E-state index in [1.54, 1.807) is 35.6 Å². The van der Waals surface area contributed by atoms with Gasteiger partial charge in [0.15, 0.2) is 5.96 Å². The van der Waals surface area contributed by atoms with Crippen molar-refractivity contribution in [3.63, 3.8) is 0 Å². The van der Waals surface area contributed by atoms with E-state index in [1.165, 1.54) is 0 Å². The van der Waals surface area contributed by atoms with Crippen LogP contribution in [0, 0.1) is 0 Å². The highest BCUT2D eigenvalue weighted by molar-refractivity contribution is 7.89. The Balaban J connectivity index is 1.88. The third kappa shape index (κ3) is 7.32. The molecule has 1 fully saturated rings. The zero-order valence-electron chi connectivity index (χ0n) is 17.8. The van der Waals surface area contributed by atoms with Gasteiger partial charge in [-0.25, -0.2) is 8.42 Å². The summed E-state index contributed by atoms with van der Waals surface area (Å²) >= 11 is 0. The van der Waals surface area contributed by atoms with Crippen LogP contribution in [0.5, 0.6) is 0 Å². The van der Waals surface area contributed by atoms with Gasteiger partial charge < -0.3 is 16.0 Å². The van der Waals surface area contributed by atoms with Crippen LogP contribution < -0.4 is 16.0 Å². The molecule has 29 heavy (non-hydrogen) atoms. The number of aliphatic imine (C=N–C) groups is 1. The van der Waals surface area contributed by atoms with Gasteiger partial charge in [0.1, 0.15) is 0 Å². The lowest BCUT2D eigenvalue weighted by atomic mass is 10.1. The summed E-state index contributed by atoms with van der Waals surface area (Å²) < 4.78 is 27.0. The van der Waals surface area contributed by atoms with E-state index < -0.39 is 10.0 Å². The van der Waals surface area contributed by atoms with E-state index in [-0.39, 0.29) is 18.0 Å². The monoisotopic (exact) mass is 423 g/mol. The van der Waals surface area contributed by atoms with Crippen molar-refractivity contribution in [3.8, 4) is 0 Å². The van der Waals surface area contributed by atoms with Crippen molar-refractivity contribution >= 4 is 21.9 Å². The van der Waals surface area contributed by atoms with Crippen molar-refractivity contribution in [2.24, 2.45) is 4.99 Å². The fourth-order valence-electron chi connectivity index (χ4n) is 3.07. The number of nitrogens with zero attached hydrogens (tertiary/aromatic N) is 2. The Morgan fingerprint density at radius 2 is 1.69 bits per heavy atom. The fourth-order valence-corrected chi connectivity index (χ4v) is 4.58. The molecular formula is C20H33N5O3S. The van der Waals surface area contributed by atoms with Crippen LogP contribution in [0.3, 0.4) is 0 Å². The first-order valence-corrected chi connectivity index (χ1v) is 11.4. The summed E-state index contributed by atoms with van der Waals surface area (Å²) in [6.45, 7) is 7.54. The van der Waals surface area contributed by atoms with Crippen molar-refractivity contribution in [2.45, 2.75) is 57.0 Å². The fraction of sp³-hybridized carbons (Fsp3) is 0.600. The summed E-state index contributed by atoms with van der Waals surface area (Å²) in [5.74, 6) is 0.381. The third-order valence-electron chi connectivity index (χ3n) is 4.49. The largest absolute Gasteiger partial charge is 0.352 e. The molecule has 9 heteroatoms. The number of benzene rings is 1. The van der Waals surface area contributed by atoms with Crippen molar-refractivity contribution in [1.82, 2.24) is 20.3 Å².